The number of ether oxygens (including phenoxy) is 1. The van der Waals surface area contributed by atoms with Crippen LogP contribution in [0.3, 0.4) is 0 Å². The molecule has 0 fully saturated rings. The van der Waals surface area contributed by atoms with Crippen molar-refractivity contribution >= 4 is 12.0 Å². The molecule has 0 radical (unpaired) electrons. The normalized spacial score (nSPS) is 10.7. The molecule has 0 saturated carbocycles. The zero-order valence-corrected chi connectivity index (χ0v) is 10.2. The molecule has 1 rings (SSSR count). The molecular formula is C14H19NO2. The van der Waals surface area contributed by atoms with Gasteiger partial charge in [0.1, 0.15) is 0 Å². The second-order valence-electron chi connectivity index (χ2n) is 3.70. The van der Waals surface area contributed by atoms with Crippen LogP contribution < -0.4 is 5.73 Å². The Kier molecular flexibility index (Phi) is 6.04. The van der Waals surface area contributed by atoms with E-state index in [2.05, 4.69) is 12.1 Å². The third kappa shape index (κ3) is 5.31. The number of esters is 1. The summed E-state index contributed by atoms with van der Waals surface area (Å²) in [7, 11) is 0. The third-order valence-corrected chi connectivity index (χ3v) is 2.28. The number of nitrogens with two attached hydrogens (primary N) is 1. The second-order valence-corrected chi connectivity index (χ2v) is 3.70. The van der Waals surface area contributed by atoms with E-state index in [9.17, 15) is 4.79 Å². The summed E-state index contributed by atoms with van der Waals surface area (Å²) in [6.45, 7) is 2.88. The summed E-state index contributed by atoms with van der Waals surface area (Å²) in [5, 5.41) is 0. The Hall–Kier alpha value is -1.61. The Labute approximate surface area is 102 Å². The summed E-state index contributed by atoms with van der Waals surface area (Å²) in [6.07, 6.45) is 4.94. The Balaban J connectivity index is 2.52. The van der Waals surface area contributed by atoms with Crippen LogP contribution in [-0.2, 0) is 16.0 Å². The van der Waals surface area contributed by atoms with Crippen LogP contribution in [0, 0.1) is 0 Å². The first kappa shape index (κ1) is 13.5. The second kappa shape index (κ2) is 7.63. The summed E-state index contributed by atoms with van der Waals surface area (Å²) in [6, 6.07) is 8.13. The van der Waals surface area contributed by atoms with Crippen molar-refractivity contribution in [3.8, 4) is 0 Å². The van der Waals surface area contributed by atoms with Gasteiger partial charge in [0.15, 0.2) is 0 Å². The lowest BCUT2D eigenvalue weighted by molar-refractivity contribution is -0.142. The minimum Gasteiger partial charge on any atom is -0.466 e. The highest BCUT2D eigenvalue weighted by Gasteiger charge is 1.97. The Bertz CT molecular complexity index is 386. The van der Waals surface area contributed by atoms with Gasteiger partial charge in [-0.1, -0.05) is 36.4 Å². The van der Waals surface area contributed by atoms with Gasteiger partial charge in [0.05, 0.1) is 13.0 Å². The van der Waals surface area contributed by atoms with Crippen molar-refractivity contribution in [3.63, 3.8) is 0 Å². The van der Waals surface area contributed by atoms with Crippen molar-refractivity contribution in [3.05, 3.63) is 41.5 Å². The first-order chi connectivity index (χ1) is 8.26. The van der Waals surface area contributed by atoms with Gasteiger partial charge in [-0.25, -0.2) is 0 Å². The maximum Gasteiger partial charge on any atom is 0.309 e. The van der Waals surface area contributed by atoms with Crippen LogP contribution in [0.15, 0.2) is 30.3 Å². The Morgan fingerprint density at radius 1 is 1.47 bits per heavy atom. The highest BCUT2D eigenvalue weighted by atomic mass is 16.5. The van der Waals surface area contributed by atoms with E-state index in [-0.39, 0.29) is 5.97 Å². The zero-order chi connectivity index (χ0) is 12.5. The molecule has 0 saturated heterocycles. The molecular weight excluding hydrogens is 214 g/mol. The SMILES string of the molecule is CCOC(=O)CC=Cc1cccc(CCN)c1. The Morgan fingerprint density at radius 2 is 2.29 bits per heavy atom. The van der Waals surface area contributed by atoms with Gasteiger partial charge in [-0.3, -0.25) is 4.79 Å². The predicted octanol–water partition coefficient (Wildman–Crippen LogP) is 2.15. The van der Waals surface area contributed by atoms with E-state index in [1.165, 1.54) is 5.56 Å². The van der Waals surface area contributed by atoms with E-state index in [0.717, 1.165) is 12.0 Å². The fourth-order valence-electron chi connectivity index (χ4n) is 1.53. The van der Waals surface area contributed by atoms with Crippen LogP contribution >= 0.6 is 0 Å². The average Bonchev–Trinajstić information content (AvgIpc) is 2.30. The zero-order valence-electron chi connectivity index (χ0n) is 10.2. The molecule has 3 heteroatoms. The van der Waals surface area contributed by atoms with Crippen molar-refractivity contribution in [1.29, 1.82) is 0 Å². The number of benzene rings is 1. The smallest absolute Gasteiger partial charge is 0.309 e. The van der Waals surface area contributed by atoms with Crippen LogP contribution in [0.1, 0.15) is 24.5 Å². The molecule has 0 bridgehead atoms. The van der Waals surface area contributed by atoms with E-state index >= 15 is 0 Å². The third-order valence-electron chi connectivity index (χ3n) is 2.28. The van der Waals surface area contributed by atoms with Crippen LogP contribution in [0.25, 0.3) is 6.08 Å². The molecule has 0 aromatic heterocycles. The lowest BCUT2D eigenvalue weighted by Gasteiger charge is -2.00. The average molecular weight is 233 g/mol. The molecule has 0 amide bonds. The van der Waals surface area contributed by atoms with Gasteiger partial charge < -0.3 is 10.5 Å². The van der Waals surface area contributed by atoms with Gasteiger partial charge in [0.25, 0.3) is 0 Å². The number of hydrogen-bond acceptors (Lipinski definition) is 3. The molecule has 2 N–H and O–H groups in total. The largest absolute Gasteiger partial charge is 0.466 e. The summed E-state index contributed by atoms with van der Waals surface area (Å²) in [5.74, 6) is -0.193. The van der Waals surface area contributed by atoms with Crippen molar-refractivity contribution in [2.24, 2.45) is 5.73 Å². The molecule has 3 nitrogen and oxygen atoms in total. The maximum absolute atomic E-state index is 11.1. The molecule has 17 heavy (non-hydrogen) atoms. The minimum absolute atomic E-state index is 0.193. The molecule has 0 spiro atoms. The summed E-state index contributed by atoms with van der Waals surface area (Å²) >= 11 is 0. The monoisotopic (exact) mass is 233 g/mol. The molecule has 92 valence electrons. The minimum atomic E-state index is -0.193. The fourth-order valence-corrected chi connectivity index (χ4v) is 1.53. The van der Waals surface area contributed by atoms with Crippen LogP contribution in [0.2, 0.25) is 0 Å². The lowest BCUT2D eigenvalue weighted by Crippen LogP contribution is -2.02. The topological polar surface area (TPSA) is 52.3 Å². The van der Waals surface area contributed by atoms with E-state index < -0.39 is 0 Å². The van der Waals surface area contributed by atoms with Crippen molar-refractivity contribution in [1.82, 2.24) is 0 Å². The molecule has 0 aliphatic heterocycles. The van der Waals surface area contributed by atoms with Crippen molar-refractivity contribution < 1.29 is 9.53 Å². The highest BCUT2D eigenvalue weighted by Crippen LogP contribution is 2.08. The van der Waals surface area contributed by atoms with Gasteiger partial charge in [-0.15, -0.1) is 0 Å². The van der Waals surface area contributed by atoms with E-state index in [1.54, 1.807) is 6.92 Å². The van der Waals surface area contributed by atoms with E-state index in [1.807, 2.05) is 24.3 Å². The van der Waals surface area contributed by atoms with E-state index in [0.29, 0.717) is 19.6 Å². The predicted molar refractivity (Wildman–Crippen MR) is 69.5 cm³/mol. The lowest BCUT2D eigenvalue weighted by atomic mass is 10.1. The number of carbonyl (C=O) groups is 1. The Morgan fingerprint density at radius 3 is 3.00 bits per heavy atom. The first-order valence-electron chi connectivity index (χ1n) is 5.87. The number of rotatable bonds is 6. The van der Waals surface area contributed by atoms with Crippen LogP contribution in [-0.4, -0.2) is 19.1 Å². The van der Waals surface area contributed by atoms with Gasteiger partial charge in [0.2, 0.25) is 0 Å². The van der Waals surface area contributed by atoms with Gasteiger partial charge in [0, 0.05) is 0 Å². The molecule has 0 aliphatic rings. The van der Waals surface area contributed by atoms with Crippen LogP contribution in [0.4, 0.5) is 0 Å². The standard InChI is InChI=1S/C14H19NO2/c1-2-17-14(16)8-4-7-12-5-3-6-13(11-12)9-10-15/h3-7,11H,2,8-10,15H2,1H3. The number of hydrogen-bond donors (Lipinski definition) is 1. The molecule has 0 heterocycles. The maximum atomic E-state index is 11.1. The van der Waals surface area contributed by atoms with Crippen molar-refractivity contribution in [2.45, 2.75) is 19.8 Å². The molecule has 0 aliphatic carbocycles. The van der Waals surface area contributed by atoms with E-state index in [4.69, 9.17) is 10.5 Å². The summed E-state index contributed by atoms with van der Waals surface area (Å²) in [4.78, 5) is 11.1. The number of carbonyl (C=O) groups excluding carboxylic acids is 1. The quantitative estimate of drug-likeness (QED) is 0.766. The van der Waals surface area contributed by atoms with Gasteiger partial charge in [-0.05, 0) is 31.0 Å². The molecule has 0 unspecified atom stereocenters. The molecule has 0 atom stereocenters. The molecule has 1 aromatic carbocycles. The van der Waals surface area contributed by atoms with Gasteiger partial charge in [-0.2, -0.15) is 0 Å². The summed E-state index contributed by atoms with van der Waals surface area (Å²) in [5.41, 5.74) is 7.80. The van der Waals surface area contributed by atoms with Gasteiger partial charge >= 0.3 is 5.97 Å². The molecule has 1 aromatic rings. The van der Waals surface area contributed by atoms with Crippen LogP contribution in [0.5, 0.6) is 0 Å². The van der Waals surface area contributed by atoms with Crippen molar-refractivity contribution in [2.75, 3.05) is 13.2 Å². The first-order valence-corrected chi connectivity index (χ1v) is 5.87. The summed E-state index contributed by atoms with van der Waals surface area (Å²) < 4.78 is 4.84. The highest BCUT2D eigenvalue weighted by molar-refractivity contribution is 5.72. The fraction of sp³-hybridized carbons (Fsp3) is 0.357.